The van der Waals surface area contributed by atoms with Crippen molar-refractivity contribution in [2.75, 3.05) is 25.0 Å². The summed E-state index contributed by atoms with van der Waals surface area (Å²) in [5, 5.41) is 11.8. The van der Waals surface area contributed by atoms with Gasteiger partial charge in [-0.05, 0) is 62.0 Å². The molecule has 3 rings (SSSR count). The predicted molar refractivity (Wildman–Crippen MR) is 118 cm³/mol. The summed E-state index contributed by atoms with van der Waals surface area (Å²) < 4.78 is 0. The molecule has 0 unspecified atom stereocenters. The summed E-state index contributed by atoms with van der Waals surface area (Å²) in [6, 6.07) is 17.0. The highest BCUT2D eigenvalue weighted by Crippen LogP contribution is 2.22. The Kier molecular flexibility index (Phi) is 7.37. The van der Waals surface area contributed by atoms with Crippen LogP contribution in [0.2, 0.25) is 0 Å². The van der Waals surface area contributed by atoms with Crippen LogP contribution in [0.1, 0.15) is 48.2 Å². The molecule has 30 heavy (non-hydrogen) atoms. The minimum Gasteiger partial charge on any atom is -0.325 e. The van der Waals surface area contributed by atoms with E-state index < -0.39 is 0 Å². The van der Waals surface area contributed by atoms with Crippen LogP contribution >= 0.6 is 0 Å². The van der Waals surface area contributed by atoms with E-state index in [-0.39, 0.29) is 17.6 Å². The Balaban J connectivity index is 1.47. The van der Waals surface area contributed by atoms with Crippen LogP contribution in [0.25, 0.3) is 0 Å². The summed E-state index contributed by atoms with van der Waals surface area (Å²) in [5.41, 5.74) is 3.20. The van der Waals surface area contributed by atoms with Crippen molar-refractivity contribution in [2.45, 2.75) is 33.1 Å². The summed E-state index contributed by atoms with van der Waals surface area (Å²) in [6.07, 6.45) is 2.56. The van der Waals surface area contributed by atoms with Gasteiger partial charge in [-0.1, -0.05) is 44.2 Å². The minimum atomic E-state index is -0.101. The lowest BCUT2D eigenvalue weighted by Crippen LogP contribution is -2.40. The maximum atomic E-state index is 12.8. The lowest BCUT2D eigenvalue weighted by Gasteiger charge is -2.30. The third kappa shape index (κ3) is 6.01. The average Bonchev–Trinajstić information content (AvgIpc) is 2.74. The van der Waals surface area contributed by atoms with Crippen molar-refractivity contribution in [3.8, 4) is 6.07 Å². The molecule has 0 spiro atoms. The van der Waals surface area contributed by atoms with E-state index in [4.69, 9.17) is 5.26 Å². The summed E-state index contributed by atoms with van der Waals surface area (Å²) in [6.45, 7) is 6.13. The number of carbonyl (C=O) groups is 2. The van der Waals surface area contributed by atoms with Crippen LogP contribution in [0.4, 0.5) is 5.69 Å². The van der Waals surface area contributed by atoms with E-state index >= 15 is 0 Å². The Hall–Kier alpha value is -2.97. The van der Waals surface area contributed by atoms with E-state index in [1.165, 1.54) is 5.56 Å². The highest BCUT2D eigenvalue weighted by molar-refractivity contribution is 5.98. The first-order valence-corrected chi connectivity index (χ1v) is 10.6. The number of ketones is 1. The molecular formula is C25H29N3O2. The fourth-order valence-corrected chi connectivity index (χ4v) is 3.94. The quantitative estimate of drug-likeness (QED) is 0.700. The number of nitrogens with zero attached hydrogens (tertiary/aromatic N) is 2. The SMILES string of the molecule is CC(C)Cc1ccc(C(=O)C2CCN(CC(=O)Nc3cccc(C#N)c3)CC2)cc1. The highest BCUT2D eigenvalue weighted by atomic mass is 16.2. The number of benzene rings is 2. The summed E-state index contributed by atoms with van der Waals surface area (Å²) >= 11 is 0. The molecule has 5 heteroatoms. The van der Waals surface area contributed by atoms with E-state index in [1.54, 1.807) is 24.3 Å². The maximum absolute atomic E-state index is 12.8. The van der Waals surface area contributed by atoms with Crippen LogP contribution in [0.3, 0.4) is 0 Å². The normalized spacial score (nSPS) is 15.0. The molecule has 2 aromatic rings. The first kappa shape index (κ1) is 21.7. The van der Waals surface area contributed by atoms with Gasteiger partial charge < -0.3 is 5.32 Å². The van der Waals surface area contributed by atoms with Crippen LogP contribution in [-0.4, -0.2) is 36.2 Å². The molecule has 1 saturated heterocycles. The predicted octanol–water partition coefficient (Wildman–Crippen LogP) is 4.29. The summed E-state index contributed by atoms with van der Waals surface area (Å²) in [4.78, 5) is 27.2. The molecule has 0 saturated carbocycles. The number of carbonyl (C=O) groups excluding carboxylic acids is 2. The largest absolute Gasteiger partial charge is 0.325 e. The van der Waals surface area contributed by atoms with Crippen LogP contribution in [0.15, 0.2) is 48.5 Å². The molecule has 2 aromatic carbocycles. The van der Waals surface area contributed by atoms with Crippen molar-refractivity contribution in [2.24, 2.45) is 11.8 Å². The first-order chi connectivity index (χ1) is 14.4. The lowest BCUT2D eigenvalue weighted by atomic mass is 9.88. The Morgan fingerprint density at radius 2 is 1.83 bits per heavy atom. The van der Waals surface area contributed by atoms with Crippen LogP contribution in [0.5, 0.6) is 0 Å². The zero-order valence-corrected chi connectivity index (χ0v) is 17.7. The zero-order chi connectivity index (χ0) is 21.5. The molecule has 0 aliphatic carbocycles. The van der Waals surface area contributed by atoms with Gasteiger partial charge in [0.1, 0.15) is 0 Å². The standard InChI is InChI=1S/C25H29N3O2/c1-18(2)14-19-6-8-21(9-7-19)25(30)22-10-12-28(13-11-22)17-24(29)27-23-5-3-4-20(15-23)16-26/h3-9,15,18,22H,10-14,17H2,1-2H3,(H,27,29). The summed E-state index contributed by atoms with van der Waals surface area (Å²) in [7, 11) is 0. The molecule has 1 aliphatic rings. The molecule has 0 aromatic heterocycles. The molecule has 0 atom stereocenters. The van der Waals surface area contributed by atoms with Gasteiger partial charge >= 0.3 is 0 Å². The monoisotopic (exact) mass is 403 g/mol. The smallest absolute Gasteiger partial charge is 0.238 e. The van der Waals surface area contributed by atoms with E-state index in [2.05, 4.69) is 42.3 Å². The van der Waals surface area contributed by atoms with Gasteiger partial charge in [0.05, 0.1) is 18.2 Å². The Morgan fingerprint density at radius 3 is 2.47 bits per heavy atom. The van der Waals surface area contributed by atoms with Crippen molar-refractivity contribution < 1.29 is 9.59 Å². The minimum absolute atomic E-state index is 0.0209. The lowest BCUT2D eigenvalue weighted by molar-refractivity contribution is -0.117. The second-order valence-electron chi connectivity index (χ2n) is 8.45. The van der Waals surface area contributed by atoms with Gasteiger partial charge in [-0.25, -0.2) is 0 Å². The van der Waals surface area contributed by atoms with Crippen molar-refractivity contribution in [1.82, 2.24) is 4.90 Å². The van der Waals surface area contributed by atoms with Gasteiger partial charge in [0, 0.05) is 17.2 Å². The Bertz CT molecular complexity index is 920. The molecule has 0 radical (unpaired) electrons. The van der Waals surface area contributed by atoms with Gasteiger partial charge in [0.15, 0.2) is 5.78 Å². The number of piperidine rings is 1. The van der Waals surface area contributed by atoms with E-state index in [0.29, 0.717) is 23.7 Å². The molecule has 1 fully saturated rings. The molecule has 5 nitrogen and oxygen atoms in total. The number of nitriles is 1. The molecule has 1 heterocycles. The zero-order valence-electron chi connectivity index (χ0n) is 17.7. The van der Waals surface area contributed by atoms with Crippen molar-refractivity contribution in [3.05, 3.63) is 65.2 Å². The number of nitrogens with one attached hydrogen (secondary N) is 1. The fourth-order valence-electron chi connectivity index (χ4n) is 3.94. The maximum Gasteiger partial charge on any atom is 0.238 e. The number of likely N-dealkylation sites (tertiary alicyclic amines) is 1. The molecule has 1 N–H and O–H groups in total. The molecular weight excluding hydrogens is 374 g/mol. The molecule has 0 bridgehead atoms. The number of anilines is 1. The first-order valence-electron chi connectivity index (χ1n) is 10.6. The number of Topliss-reactive ketones (excluding diaryl/α,β-unsaturated/α-hetero) is 1. The van der Waals surface area contributed by atoms with Crippen LogP contribution in [-0.2, 0) is 11.2 Å². The van der Waals surface area contributed by atoms with Gasteiger partial charge in [0.25, 0.3) is 0 Å². The van der Waals surface area contributed by atoms with Gasteiger partial charge in [-0.15, -0.1) is 0 Å². The molecule has 1 aliphatic heterocycles. The van der Waals surface area contributed by atoms with E-state index in [1.807, 2.05) is 12.1 Å². The van der Waals surface area contributed by atoms with Crippen molar-refractivity contribution in [1.29, 1.82) is 5.26 Å². The Morgan fingerprint density at radius 1 is 1.13 bits per heavy atom. The summed E-state index contributed by atoms with van der Waals surface area (Å²) in [5.74, 6) is 0.732. The van der Waals surface area contributed by atoms with Crippen LogP contribution in [0, 0.1) is 23.2 Å². The van der Waals surface area contributed by atoms with Gasteiger partial charge in [-0.3, -0.25) is 14.5 Å². The van der Waals surface area contributed by atoms with Crippen molar-refractivity contribution >= 4 is 17.4 Å². The van der Waals surface area contributed by atoms with Gasteiger partial charge in [0.2, 0.25) is 5.91 Å². The average molecular weight is 404 g/mol. The van der Waals surface area contributed by atoms with Gasteiger partial charge in [-0.2, -0.15) is 5.26 Å². The third-order valence-corrected chi connectivity index (χ3v) is 5.48. The topological polar surface area (TPSA) is 73.2 Å². The van der Waals surface area contributed by atoms with E-state index in [0.717, 1.165) is 37.9 Å². The second kappa shape index (κ2) is 10.2. The number of hydrogen-bond acceptors (Lipinski definition) is 4. The number of hydrogen-bond donors (Lipinski definition) is 1. The Labute approximate surface area is 178 Å². The van der Waals surface area contributed by atoms with E-state index in [9.17, 15) is 9.59 Å². The fraction of sp³-hybridized carbons (Fsp3) is 0.400. The number of rotatable bonds is 7. The highest BCUT2D eigenvalue weighted by Gasteiger charge is 2.26. The van der Waals surface area contributed by atoms with Crippen molar-refractivity contribution in [3.63, 3.8) is 0 Å². The molecule has 1 amide bonds. The van der Waals surface area contributed by atoms with Crippen LogP contribution < -0.4 is 5.32 Å². The number of amides is 1. The second-order valence-corrected chi connectivity index (χ2v) is 8.45. The third-order valence-electron chi connectivity index (χ3n) is 5.48. The molecule has 156 valence electrons.